The van der Waals surface area contributed by atoms with Crippen molar-refractivity contribution >= 4 is 12.7 Å². The zero-order chi connectivity index (χ0) is 15.1. The number of pyridine rings is 1. The maximum Gasteiger partial charge on any atom is 0.514 e. The van der Waals surface area contributed by atoms with Gasteiger partial charge in [-0.15, -0.1) is 0 Å². The minimum atomic E-state index is -0.460. The Morgan fingerprint density at radius 2 is 1.90 bits per heavy atom. The number of aromatic nitrogens is 1. The van der Waals surface area contributed by atoms with Crippen LogP contribution in [0.5, 0.6) is 5.88 Å². The lowest BCUT2D eigenvalue weighted by Gasteiger charge is -2.32. The molecule has 6 heteroatoms. The number of hydrogen-bond acceptors (Lipinski definition) is 5. The molecular weight excluding hydrogens is 269 g/mol. The Bertz CT molecular complexity index is 498. The molecule has 0 saturated carbocycles. The fourth-order valence-corrected chi connectivity index (χ4v) is 2.37. The van der Waals surface area contributed by atoms with E-state index < -0.39 is 7.12 Å². The summed E-state index contributed by atoms with van der Waals surface area (Å²) in [6, 6.07) is 5.67. The summed E-state index contributed by atoms with van der Waals surface area (Å²) >= 11 is 0. The Morgan fingerprint density at radius 3 is 2.52 bits per heavy atom. The summed E-state index contributed by atoms with van der Waals surface area (Å²) in [5.74, 6) is 0.595. The van der Waals surface area contributed by atoms with Gasteiger partial charge in [0, 0.05) is 12.5 Å². The smallest absolute Gasteiger partial charge is 0.472 e. The van der Waals surface area contributed by atoms with Gasteiger partial charge in [0.2, 0.25) is 5.88 Å². The van der Waals surface area contributed by atoms with E-state index in [0.29, 0.717) is 12.5 Å². The van der Waals surface area contributed by atoms with Crippen molar-refractivity contribution < 1.29 is 18.8 Å². The molecule has 1 aromatic rings. The highest BCUT2D eigenvalue weighted by molar-refractivity contribution is 6.61. The second kappa shape index (κ2) is 5.27. The number of nitrogens with zero attached hydrogens (tertiary/aromatic N) is 1. The molecule has 0 radical (unpaired) electrons. The molecule has 3 rings (SSSR count). The van der Waals surface area contributed by atoms with Gasteiger partial charge in [0.1, 0.15) is 6.10 Å². The molecule has 1 aromatic heterocycles. The summed E-state index contributed by atoms with van der Waals surface area (Å²) in [6.07, 6.45) is 0.994. The largest absolute Gasteiger partial charge is 0.514 e. The van der Waals surface area contributed by atoms with Crippen LogP contribution in [0.3, 0.4) is 0 Å². The molecule has 5 nitrogen and oxygen atoms in total. The van der Waals surface area contributed by atoms with Crippen LogP contribution in [0.15, 0.2) is 18.2 Å². The Morgan fingerprint density at radius 1 is 1.19 bits per heavy atom. The molecule has 0 aromatic carbocycles. The molecule has 2 aliphatic heterocycles. The monoisotopic (exact) mass is 291 g/mol. The molecule has 114 valence electrons. The van der Waals surface area contributed by atoms with Gasteiger partial charge in [0.15, 0.2) is 0 Å². The second-order valence-corrected chi connectivity index (χ2v) is 6.59. The van der Waals surface area contributed by atoms with Crippen molar-refractivity contribution in [1.29, 1.82) is 0 Å². The summed E-state index contributed by atoms with van der Waals surface area (Å²) < 4.78 is 23.2. The van der Waals surface area contributed by atoms with Crippen LogP contribution in [0.2, 0.25) is 0 Å². The maximum atomic E-state index is 6.01. The summed E-state index contributed by atoms with van der Waals surface area (Å²) in [5.41, 5.74) is 0.00965. The average molecular weight is 291 g/mol. The van der Waals surface area contributed by atoms with Crippen molar-refractivity contribution in [2.45, 2.75) is 51.4 Å². The van der Waals surface area contributed by atoms with Crippen LogP contribution in [-0.4, -0.2) is 42.6 Å². The van der Waals surface area contributed by atoms with Gasteiger partial charge >= 0.3 is 7.12 Å². The van der Waals surface area contributed by atoms with Crippen LogP contribution in [0.1, 0.15) is 34.1 Å². The number of hydrogen-bond donors (Lipinski definition) is 0. The van der Waals surface area contributed by atoms with E-state index in [1.807, 2.05) is 45.9 Å². The molecule has 3 heterocycles. The third-order valence-electron chi connectivity index (χ3n) is 4.42. The molecule has 2 saturated heterocycles. The van der Waals surface area contributed by atoms with E-state index >= 15 is 0 Å². The lowest BCUT2D eigenvalue weighted by atomic mass is 9.84. The molecule has 1 atom stereocenters. The van der Waals surface area contributed by atoms with E-state index in [4.69, 9.17) is 18.8 Å². The summed E-state index contributed by atoms with van der Waals surface area (Å²) in [6.45, 7) is 9.50. The first-order valence-corrected chi connectivity index (χ1v) is 7.44. The second-order valence-electron chi connectivity index (χ2n) is 6.59. The van der Waals surface area contributed by atoms with Gasteiger partial charge in [-0.2, -0.15) is 0 Å². The van der Waals surface area contributed by atoms with Crippen LogP contribution in [0.25, 0.3) is 0 Å². The zero-order valence-electron chi connectivity index (χ0n) is 13.1. The van der Waals surface area contributed by atoms with Crippen LogP contribution in [-0.2, 0) is 14.0 Å². The van der Waals surface area contributed by atoms with Crippen LogP contribution in [0.4, 0.5) is 0 Å². The molecule has 0 spiro atoms. The van der Waals surface area contributed by atoms with Crippen LogP contribution >= 0.6 is 0 Å². The highest BCUT2D eigenvalue weighted by atomic mass is 16.7. The van der Waals surface area contributed by atoms with Gasteiger partial charge in [-0.3, -0.25) is 0 Å². The van der Waals surface area contributed by atoms with Gasteiger partial charge in [0.25, 0.3) is 0 Å². The fourth-order valence-electron chi connectivity index (χ4n) is 2.37. The zero-order valence-corrected chi connectivity index (χ0v) is 13.1. The lowest BCUT2D eigenvalue weighted by Crippen LogP contribution is -2.41. The van der Waals surface area contributed by atoms with Gasteiger partial charge in [0.05, 0.1) is 30.0 Å². The number of rotatable bonds is 3. The van der Waals surface area contributed by atoms with E-state index in [0.717, 1.165) is 18.6 Å². The maximum absolute atomic E-state index is 6.01. The molecule has 0 aliphatic carbocycles. The van der Waals surface area contributed by atoms with E-state index in [9.17, 15) is 0 Å². The molecule has 2 aliphatic rings. The van der Waals surface area contributed by atoms with E-state index in [2.05, 4.69) is 4.98 Å². The molecule has 0 N–H and O–H groups in total. The standard InChI is InChI=1S/C15H22BNO4/c1-14(2)15(3,4)21-16(20-14)12-6-5-7-13(17-12)19-11-8-9-18-10-11/h5-7,11H,8-10H2,1-4H3/t11-/m0/s1. The summed E-state index contributed by atoms with van der Waals surface area (Å²) in [4.78, 5) is 4.52. The SMILES string of the molecule is CC1(C)OB(c2cccc(O[C@H]3CCOC3)n2)OC1(C)C. The average Bonchev–Trinajstić information content (AvgIpc) is 2.97. The first-order valence-electron chi connectivity index (χ1n) is 7.44. The van der Waals surface area contributed by atoms with Gasteiger partial charge in [-0.05, 0) is 33.8 Å². The minimum absolute atomic E-state index is 0.0889. The van der Waals surface area contributed by atoms with E-state index in [1.54, 1.807) is 0 Å². The summed E-state index contributed by atoms with van der Waals surface area (Å²) in [5, 5.41) is 0. The minimum Gasteiger partial charge on any atom is -0.472 e. The first kappa shape index (κ1) is 14.8. The van der Waals surface area contributed by atoms with Crippen molar-refractivity contribution in [3.63, 3.8) is 0 Å². The predicted molar refractivity (Wildman–Crippen MR) is 79.8 cm³/mol. The third-order valence-corrected chi connectivity index (χ3v) is 4.42. The van der Waals surface area contributed by atoms with E-state index in [1.165, 1.54) is 0 Å². The predicted octanol–water partition coefficient (Wildman–Crippen LogP) is 1.55. The fraction of sp³-hybridized carbons (Fsp3) is 0.667. The third kappa shape index (κ3) is 2.93. The van der Waals surface area contributed by atoms with Crippen LogP contribution < -0.4 is 10.3 Å². The Kier molecular flexibility index (Phi) is 3.72. The molecule has 2 fully saturated rings. The van der Waals surface area contributed by atoms with Gasteiger partial charge < -0.3 is 18.8 Å². The molecule has 0 bridgehead atoms. The highest BCUT2D eigenvalue weighted by Gasteiger charge is 2.52. The van der Waals surface area contributed by atoms with E-state index in [-0.39, 0.29) is 17.3 Å². The Labute approximate surface area is 126 Å². The quantitative estimate of drug-likeness (QED) is 0.791. The normalized spacial score (nSPS) is 27.0. The first-order chi connectivity index (χ1) is 9.87. The molecule has 21 heavy (non-hydrogen) atoms. The summed E-state index contributed by atoms with van der Waals surface area (Å²) in [7, 11) is -0.460. The topological polar surface area (TPSA) is 49.8 Å². The van der Waals surface area contributed by atoms with Crippen molar-refractivity contribution in [2.75, 3.05) is 13.2 Å². The van der Waals surface area contributed by atoms with Crippen molar-refractivity contribution in [1.82, 2.24) is 4.98 Å². The Hall–Kier alpha value is -1.11. The molecule has 0 amide bonds. The lowest BCUT2D eigenvalue weighted by molar-refractivity contribution is 0.00578. The molecular formula is C15H22BNO4. The van der Waals surface area contributed by atoms with Crippen molar-refractivity contribution in [3.8, 4) is 5.88 Å². The van der Waals surface area contributed by atoms with Crippen molar-refractivity contribution in [2.24, 2.45) is 0 Å². The Balaban J connectivity index is 1.74. The van der Waals surface area contributed by atoms with Gasteiger partial charge in [-0.25, -0.2) is 4.98 Å². The van der Waals surface area contributed by atoms with Crippen LogP contribution in [0, 0.1) is 0 Å². The van der Waals surface area contributed by atoms with Crippen molar-refractivity contribution in [3.05, 3.63) is 18.2 Å². The highest BCUT2D eigenvalue weighted by Crippen LogP contribution is 2.36. The molecule has 0 unspecified atom stereocenters. The number of ether oxygens (including phenoxy) is 2. The van der Waals surface area contributed by atoms with Gasteiger partial charge in [-0.1, -0.05) is 6.07 Å².